The van der Waals surface area contributed by atoms with E-state index in [-0.39, 0.29) is 5.97 Å². The van der Waals surface area contributed by atoms with Crippen molar-refractivity contribution in [3.05, 3.63) is 35.1 Å². The summed E-state index contributed by atoms with van der Waals surface area (Å²) in [6, 6.07) is 0. The number of ether oxygens (including phenoxy) is 2. The van der Waals surface area contributed by atoms with Gasteiger partial charge in [-0.1, -0.05) is 6.08 Å². The van der Waals surface area contributed by atoms with Crippen LogP contribution in [0.2, 0.25) is 0 Å². The van der Waals surface area contributed by atoms with E-state index in [1.807, 2.05) is 6.92 Å². The van der Waals surface area contributed by atoms with Gasteiger partial charge in [0, 0.05) is 13.1 Å². The van der Waals surface area contributed by atoms with Gasteiger partial charge >= 0.3 is 5.97 Å². The van der Waals surface area contributed by atoms with Crippen molar-refractivity contribution < 1.29 is 14.3 Å². The van der Waals surface area contributed by atoms with Crippen LogP contribution in [-0.2, 0) is 14.3 Å². The van der Waals surface area contributed by atoms with Crippen LogP contribution in [0.15, 0.2) is 35.1 Å². The van der Waals surface area contributed by atoms with Crippen molar-refractivity contribution in [1.29, 1.82) is 0 Å². The van der Waals surface area contributed by atoms with Crippen LogP contribution in [0.4, 0.5) is 0 Å². The molecule has 1 saturated carbocycles. The predicted octanol–water partition coefficient (Wildman–Crippen LogP) is 2.34. The molecule has 1 fully saturated rings. The van der Waals surface area contributed by atoms with Crippen molar-refractivity contribution in [2.45, 2.75) is 26.2 Å². The summed E-state index contributed by atoms with van der Waals surface area (Å²) in [4.78, 5) is 11.2. The molecule has 2 aliphatic carbocycles. The van der Waals surface area contributed by atoms with E-state index in [2.05, 4.69) is 23.5 Å². The van der Waals surface area contributed by atoms with Gasteiger partial charge in [-0.15, -0.1) is 0 Å². The van der Waals surface area contributed by atoms with Crippen molar-refractivity contribution in [2.75, 3.05) is 26.8 Å². The number of carbonyl (C=O) groups excluding carboxylic acids is 1. The number of fused-ring (bicyclic) bond motifs is 1. The minimum atomic E-state index is -0.138. The molecule has 4 nitrogen and oxygen atoms in total. The van der Waals surface area contributed by atoms with Crippen LogP contribution in [0.1, 0.15) is 26.2 Å². The Morgan fingerprint density at radius 1 is 1.55 bits per heavy atom. The number of nitrogens with one attached hydrogen (secondary N) is 1. The largest absolute Gasteiger partial charge is 0.497 e. The summed E-state index contributed by atoms with van der Waals surface area (Å²) in [7, 11) is 1.71. The molecule has 2 rings (SSSR count). The maximum atomic E-state index is 11.2. The van der Waals surface area contributed by atoms with E-state index in [4.69, 9.17) is 9.47 Å². The number of rotatable bonds is 7. The first-order valence-corrected chi connectivity index (χ1v) is 7.26. The monoisotopic (exact) mass is 277 g/mol. The Labute approximate surface area is 120 Å². The fourth-order valence-corrected chi connectivity index (χ4v) is 2.58. The second-order valence-corrected chi connectivity index (χ2v) is 5.04. The van der Waals surface area contributed by atoms with Crippen LogP contribution in [0.25, 0.3) is 0 Å². The van der Waals surface area contributed by atoms with Gasteiger partial charge in [-0.3, -0.25) is 4.79 Å². The second-order valence-electron chi connectivity index (χ2n) is 5.04. The highest BCUT2D eigenvalue weighted by Gasteiger charge is 2.30. The van der Waals surface area contributed by atoms with E-state index >= 15 is 0 Å². The van der Waals surface area contributed by atoms with E-state index in [1.54, 1.807) is 7.11 Å². The molecule has 0 aromatic heterocycles. The molecule has 0 radical (unpaired) electrons. The van der Waals surface area contributed by atoms with E-state index < -0.39 is 0 Å². The second kappa shape index (κ2) is 7.29. The van der Waals surface area contributed by atoms with Crippen molar-refractivity contribution >= 4 is 5.97 Å². The molecule has 1 unspecified atom stereocenters. The maximum absolute atomic E-state index is 11.2. The lowest BCUT2D eigenvalue weighted by molar-refractivity contribution is -0.142. The molecule has 1 N–H and O–H groups in total. The third-order valence-electron chi connectivity index (χ3n) is 3.72. The predicted molar refractivity (Wildman–Crippen MR) is 78.1 cm³/mol. The first-order chi connectivity index (χ1) is 9.74. The maximum Gasteiger partial charge on any atom is 0.307 e. The smallest absolute Gasteiger partial charge is 0.307 e. The fraction of sp³-hybridized carbons (Fsp3) is 0.562. The molecule has 0 aromatic carbocycles. The zero-order valence-corrected chi connectivity index (χ0v) is 12.3. The van der Waals surface area contributed by atoms with Crippen LogP contribution in [0, 0.1) is 5.92 Å². The average Bonchev–Trinajstić information content (AvgIpc) is 2.43. The Hall–Kier alpha value is -1.55. The van der Waals surface area contributed by atoms with Gasteiger partial charge in [0.1, 0.15) is 5.76 Å². The summed E-state index contributed by atoms with van der Waals surface area (Å²) < 4.78 is 10.1. The van der Waals surface area contributed by atoms with Gasteiger partial charge in [0.2, 0.25) is 0 Å². The quantitative estimate of drug-likeness (QED) is 0.573. The molecule has 1 atom stereocenters. The van der Waals surface area contributed by atoms with Crippen molar-refractivity contribution in [2.24, 2.45) is 5.92 Å². The standard InChI is InChI=1S/C16H23NO3/c1-3-20-16(18)7-9-17-8-6-13-10-12-4-5-14(19-2)11-15(12)13/h5-6,11-12,17H,3-4,7-10H2,1-2H3. The third kappa shape index (κ3) is 3.73. The minimum absolute atomic E-state index is 0.138. The van der Waals surface area contributed by atoms with Crippen LogP contribution in [-0.4, -0.2) is 32.8 Å². The van der Waals surface area contributed by atoms with E-state index in [0.29, 0.717) is 25.5 Å². The fourth-order valence-electron chi connectivity index (χ4n) is 2.58. The molecule has 0 saturated heterocycles. The van der Waals surface area contributed by atoms with Crippen LogP contribution in [0.5, 0.6) is 0 Å². The number of hydrogen-bond acceptors (Lipinski definition) is 4. The average molecular weight is 277 g/mol. The highest BCUT2D eigenvalue weighted by Crippen LogP contribution is 2.44. The lowest BCUT2D eigenvalue weighted by atomic mass is 9.70. The lowest BCUT2D eigenvalue weighted by Crippen LogP contribution is -2.24. The summed E-state index contributed by atoms with van der Waals surface area (Å²) in [6.07, 6.45) is 9.18. The molecule has 0 amide bonds. The van der Waals surface area contributed by atoms with E-state index in [9.17, 15) is 4.79 Å². The van der Waals surface area contributed by atoms with Crippen molar-refractivity contribution in [1.82, 2.24) is 5.32 Å². The molecule has 0 heterocycles. The zero-order chi connectivity index (χ0) is 14.4. The van der Waals surface area contributed by atoms with Gasteiger partial charge in [0.15, 0.2) is 0 Å². The number of methoxy groups -OCH3 is 1. The SMILES string of the molecule is CCOC(=O)CCNCC=C1CC2CC=C(OC)C=C12. The Kier molecular flexibility index (Phi) is 5.41. The Morgan fingerprint density at radius 3 is 3.15 bits per heavy atom. The molecule has 0 aromatic rings. The molecule has 110 valence electrons. The van der Waals surface area contributed by atoms with Crippen LogP contribution >= 0.6 is 0 Å². The minimum Gasteiger partial charge on any atom is -0.497 e. The summed E-state index contributed by atoms with van der Waals surface area (Å²) in [6.45, 7) is 3.73. The van der Waals surface area contributed by atoms with Crippen molar-refractivity contribution in [3.8, 4) is 0 Å². The van der Waals surface area contributed by atoms with Gasteiger partial charge < -0.3 is 14.8 Å². The highest BCUT2D eigenvalue weighted by molar-refractivity contribution is 5.69. The molecule has 2 aliphatic rings. The molecule has 0 bridgehead atoms. The van der Waals surface area contributed by atoms with E-state index in [1.165, 1.54) is 11.1 Å². The number of carbonyl (C=O) groups is 1. The molecule has 20 heavy (non-hydrogen) atoms. The van der Waals surface area contributed by atoms with Gasteiger partial charge in [0.05, 0.1) is 20.1 Å². The number of esters is 1. The molecule has 0 aliphatic heterocycles. The van der Waals surface area contributed by atoms with E-state index in [0.717, 1.165) is 25.1 Å². The van der Waals surface area contributed by atoms with Crippen molar-refractivity contribution in [3.63, 3.8) is 0 Å². The summed E-state index contributed by atoms with van der Waals surface area (Å²) in [5, 5.41) is 3.24. The molecule has 4 heteroatoms. The van der Waals surface area contributed by atoms with Gasteiger partial charge in [-0.25, -0.2) is 0 Å². The molecule has 0 spiro atoms. The molecular weight excluding hydrogens is 254 g/mol. The van der Waals surface area contributed by atoms with Gasteiger partial charge in [-0.2, -0.15) is 0 Å². The normalized spacial score (nSPS) is 22.5. The van der Waals surface area contributed by atoms with Gasteiger partial charge in [0.25, 0.3) is 0 Å². The number of hydrogen-bond donors (Lipinski definition) is 1. The first kappa shape index (κ1) is 14.9. The topological polar surface area (TPSA) is 47.6 Å². The van der Waals surface area contributed by atoms with Crippen LogP contribution in [0.3, 0.4) is 0 Å². The first-order valence-electron chi connectivity index (χ1n) is 7.26. The van der Waals surface area contributed by atoms with Gasteiger partial charge in [-0.05, 0) is 49.0 Å². The third-order valence-corrected chi connectivity index (χ3v) is 3.72. The summed E-state index contributed by atoms with van der Waals surface area (Å²) in [5.74, 6) is 1.51. The summed E-state index contributed by atoms with van der Waals surface area (Å²) in [5.41, 5.74) is 2.82. The Bertz CT molecular complexity index is 449. The lowest BCUT2D eigenvalue weighted by Gasteiger charge is -2.35. The number of allylic oxidation sites excluding steroid dienone is 4. The summed E-state index contributed by atoms with van der Waals surface area (Å²) >= 11 is 0. The Balaban J connectivity index is 1.70. The highest BCUT2D eigenvalue weighted by atomic mass is 16.5. The zero-order valence-electron chi connectivity index (χ0n) is 12.3. The Morgan fingerprint density at radius 2 is 2.40 bits per heavy atom. The van der Waals surface area contributed by atoms with Crippen LogP contribution < -0.4 is 5.32 Å². The molecular formula is C16H23NO3.